The molecule has 2 amide bonds. The van der Waals surface area contributed by atoms with Crippen molar-refractivity contribution >= 4 is 29.2 Å². The van der Waals surface area contributed by atoms with E-state index in [1.807, 2.05) is 0 Å². The Balaban J connectivity index is 2.30. The number of amides is 2. The fourth-order valence-electron chi connectivity index (χ4n) is 1.95. The molecule has 1 aromatic heterocycles. The van der Waals surface area contributed by atoms with Crippen molar-refractivity contribution in [3.8, 4) is 0 Å². The van der Waals surface area contributed by atoms with Crippen molar-refractivity contribution in [1.82, 2.24) is 15.2 Å². The highest BCUT2D eigenvalue weighted by Crippen LogP contribution is 2.21. The number of pyridine rings is 1. The van der Waals surface area contributed by atoms with Crippen LogP contribution in [0.1, 0.15) is 17.3 Å². The summed E-state index contributed by atoms with van der Waals surface area (Å²) in [5.74, 6) is 0.145. The third-order valence-electron chi connectivity index (χ3n) is 3.10. The standard InChI is InChI=1S/C12H15ClN4O2/c1-7-11(18)15-3-4-17(7)12(19)8-5-10(14-2)16-6-9(8)13/h5-7H,3-4H2,1-2H3,(H,14,16)(H,15,18). The van der Waals surface area contributed by atoms with E-state index in [0.29, 0.717) is 24.5 Å². The molecule has 6 nitrogen and oxygen atoms in total. The van der Waals surface area contributed by atoms with Crippen LogP contribution >= 0.6 is 11.6 Å². The van der Waals surface area contributed by atoms with Crippen LogP contribution < -0.4 is 10.6 Å². The van der Waals surface area contributed by atoms with Crippen LogP contribution in [0.3, 0.4) is 0 Å². The van der Waals surface area contributed by atoms with Gasteiger partial charge in [0.15, 0.2) is 0 Å². The highest BCUT2D eigenvalue weighted by molar-refractivity contribution is 6.33. The Morgan fingerprint density at radius 2 is 2.37 bits per heavy atom. The molecule has 1 aliphatic heterocycles. The molecular formula is C12H15ClN4O2. The lowest BCUT2D eigenvalue weighted by Gasteiger charge is -2.33. The second-order valence-electron chi connectivity index (χ2n) is 4.26. The molecule has 0 aliphatic carbocycles. The number of carbonyl (C=O) groups is 2. The molecule has 102 valence electrons. The minimum atomic E-state index is -0.497. The van der Waals surface area contributed by atoms with Gasteiger partial charge in [0.25, 0.3) is 5.91 Å². The molecule has 2 rings (SSSR count). The minimum absolute atomic E-state index is 0.154. The first-order chi connectivity index (χ1) is 9.04. The Hall–Kier alpha value is -1.82. The Labute approximate surface area is 116 Å². The lowest BCUT2D eigenvalue weighted by Crippen LogP contribution is -2.55. The Morgan fingerprint density at radius 1 is 1.63 bits per heavy atom. The predicted molar refractivity (Wildman–Crippen MR) is 72.3 cm³/mol. The summed E-state index contributed by atoms with van der Waals surface area (Å²) in [7, 11) is 1.71. The van der Waals surface area contributed by atoms with Gasteiger partial charge in [-0.1, -0.05) is 11.6 Å². The summed E-state index contributed by atoms with van der Waals surface area (Å²) in [5, 5.41) is 5.85. The van der Waals surface area contributed by atoms with E-state index in [1.54, 1.807) is 20.0 Å². The van der Waals surface area contributed by atoms with Gasteiger partial charge in [0, 0.05) is 26.3 Å². The van der Waals surface area contributed by atoms with Crippen LogP contribution in [-0.2, 0) is 4.79 Å². The molecule has 0 spiro atoms. The zero-order chi connectivity index (χ0) is 14.0. The summed E-state index contributed by atoms with van der Waals surface area (Å²) in [4.78, 5) is 29.6. The molecule has 7 heteroatoms. The van der Waals surface area contributed by atoms with Gasteiger partial charge in [-0.3, -0.25) is 9.59 Å². The first kappa shape index (κ1) is 13.6. The molecule has 1 aromatic rings. The Morgan fingerprint density at radius 3 is 3.05 bits per heavy atom. The van der Waals surface area contributed by atoms with Crippen molar-refractivity contribution in [3.05, 3.63) is 22.8 Å². The summed E-state index contributed by atoms with van der Waals surface area (Å²) >= 11 is 6.01. The Bertz CT molecular complexity index is 520. The zero-order valence-corrected chi connectivity index (χ0v) is 11.5. The number of carbonyl (C=O) groups excluding carboxylic acids is 2. The zero-order valence-electron chi connectivity index (χ0n) is 10.7. The number of hydrogen-bond acceptors (Lipinski definition) is 4. The first-order valence-corrected chi connectivity index (χ1v) is 6.34. The fraction of sp³-hybridized carbons (Fsp3) is 0.417. The summed E-state index contributed by atoms with van der Waals surface area (Å²) < 4.78 is 0. The van der Waals surface area contributed by atoms with Crippen LogP contribution in [0.15, 0.2) is 12.3 Å². The average molecular weight is 283 g/mol. The van der Waals surface area contributed by atoms with Gasteiger partial charge >= 0.3 is 0 Å². The number of aromatic nitrogens is 1. The second-order valence-corrected chi connectivity index (χ2v) is 4.67. The fourth-order valence-corrected chi connectivity index (χ4v) is 2.14. The minimum Gasteiger partial charge on any atom is -0.373 e. The molecule has 2 heterocycles. The SMILES string of the molecule is CNc1cc(C(=O)N2CCNC(=O)C2C)c(Cl)cn1. The van der Waals surface area contributed by atoms with Crippen molar-refractivity contribution in [2.24, 2.45) is 0 Å². The number of hydrogen-bond donors (Lipinski definition) is 2. The molecule has 2 N–H and O–H groups in total. The normalized spacial score (nSPS) is 19.0. The van der Waals surface area contributed by atoms with Crippen LogP contribution in [0.5, 0.6) is 0 Å². The second kappa shape index (κ2) is 5.44. The van der Waals surface area contributed by atoms with Crippen molar-refractivity contribution in [2.45, 2.75) is 13.0 Å². The summed E-state index contributed by atoms with van der Waals surface area (Å²) in [6.45, 7) is 2.62. The van der Waals surface area contributed by atoms with Crippen molar-refractivity contribution < 1.29 is 9.59 Å². The van der Waals surface area contributed by atoms with Gasteiger partial charge < -0.3 is 15.5 Å². The van der Waals surface area contributed by atoms with Gasteiger partial charge in [0.2, 0.25) is 5.91 Å². The number of halogens is 1. The molecule has 0 aromatic carbocycles. The maximum Gasteiger partial charge on any atom is 0.256 e. The highest BCUT2D eigenvalue weighted by Gasteiger charge is 2.30. The van der Waals surface area contributed by atoms with Crippen molar-refractivity contribution in [3.63, 3.8) is 0 Å². The average Bonchev–Trinajstić information content (AvgIpc) is 2.42. The van der Waals surface area contributed by atoms with E-state index in [4.69, 9.17) is 11.6 Å². The van der Waals surface area contributed by atoms with E-state index >= 15 is 0 Å². The lowest BCUT2D eigenvalue weighted by molar-refractivity contribution is -0.127. The molecule has 0 radical (unpaired) electrons. The maximum atomic E-state index is 12.5. The molecule has 1 fully saturated rings. The molecule has 1 unspecified atom stereocenters. The number of anilines is 1. The van der Waals surface area contributed by atoms with E-state index in [2.05, 4.69) is 15.6 Å². The highest BCUT2D eigenvalue weighted by atomic mass is 35.5. The largest absolute Gasteiger partial charge is 0.373 e. The number of nitrogens with zero attached hydrogens (tertiary/aromatic N) is 2. The summed E-state index contributed by atoms with van der Waals surface area (Å²) in [5.41, 5.74) is 0.350. The van der Waals surface area contributed by atoms with Crippen LogP contribution in [0.25, 0.3) is 0 Å². The molecule has 0 bridgehead atoms. The number of piperazine rings is 1. The van der Waals surface area contributed by atoms with E-state index in [1.165, 1.54) is 11.1 Å². The van der Waals surface area contributed by atoms with Crippen LogP contribution in [-0.4, -0.2) is 47.9 Å². The smallest absolute Gasteiger partial charge is 0.256 e. The van der Waals surface area contributed by atoms with E-state index < -0.39 is 6.04 Å². The third kappa shape index (κ3) is 2.63. The van der Waals surface area contributed by atoms with Gasteiger partial charge in [-0.05, 0) is 13.0 Å². The monoisotopic (exact) mass is 282 g/mol. The summed E-state index contributed by atoms with van der Waals surface area (Å²) in [6.07, 6.45) is 1.43. The molecule has 0 saturated carbocycles. The van der Waals surface area contributed by atoms with E-state index in [-0.39, 0.29) is 16.8 Å². The van der Waals surface area contributed by atoms with Gasteiger partial charge in [-0.15, -0.1) is 0 Å². The van der Waals surface area contributed by atoms with Gasteiger partial charge in [-0.2, -0.15) is 0 Å². The van der Waals surface area contributed by atoms with Crippen LogP contribution in [0.2, 0.25) is 5.02 Å². The van der Waals surface area contributed by atoms with Gasteiger partial charge in [0.1, 0.15) is 11.9 Å². The van der Waals surface area contributed by atoms with Crippen molar-refractivity contribution in [1.29, 1.82) is 0 Å². The molecule has 1 saturated heterocycles. The van der Waals surface area contributed by atoms with Crippen LogP contribution in [0.4, 0.5) is 5.82 Å². The van der Waals surface area contributed by atoms with E-state index in [0.717, 1.165) is 0 Å². The van der Waals surface area contributed by atoms with Crippen molar-refractivity contribution in [2.75, 3.05) is 25.5 Å². The van der Waals surface area contributed by atoms with Gasteiger partial charge in [0.05, 0.1) is 10.6 Å². The first-order valence-electron chi connectivity index (χ1n) is 5.96. The predicted octanol–water partition coefficient (Wildman–Crippen LogP) is 0.737. The Kier molecular flexibility index (Phi) is 3.90. The molecule has 19 heavy (non-hydrogen) atoms. The molecular weight excluding hydrogens is 268 g/mol. The van der Waals surface area contributed by atoms with Crippen LogP contribution in [0, 0.1) is 0 Å². The topological polar surface area (TPSA) is 74.3 Å². The molecule has 1 atom stereocenters. The third-order valence-corrected chi connectivity index (χ3v) is 3.40. The molecule has 1 aliphatic rings. The summed E-state index contributed by atoms with van der Waals surface area (Å²) in [6, 6.07) is 1.09. The quantitative estimate of drug-likeness (QED) is 0.839. The van der Waals surface area contributed by atoms with Gasteiger partial charge in [-0.25, -0.2) is 4.98 Å². The lowest BCUT2D eigenvalue weighted by atomic mass is 10.1. The number of rotatable bonds is 2. The number of nitrogens with one attached hydrogen (secondary N) is 2. The maximum absolute atomic E-state index is 12.5. The van der Waals surface area contributed by atoms with E-state index in [9.17, 15) is 9.59 Å².